The zero-order valence-corrected chi connectivity index (χ0v) is 18.1. The summed E-state index contributed by atoms with van der Waals surface area (Å²) in [7, 11) is 1.57. The number of ether oxygens (including phenoxy) is 2. The van der Waals surface area contributed by atoms with Crippen molar-refractivity contribution in [2.45, 2.75) is 25.0 Å². The van der Waals surface area contributed by atoms with Gasteiger partial charge in [0.05, 0.1) is 18.9 Å². The van der Waals surface area contributed by atoms with Gasteiger partial charge < -0.3 is 19.5 Å². The van der Waals surface area contributed by atoms with Crippen LogP contribution in [0.15, 0.2) is 65.5 Å². The van der Waals surface area contributed by atoms with E-state index in [2.05, 4.69) is 5.10 Å². The van der Waals surface area contributed by atoms with Crippen LogP contribution in [-0.2, 0) is 0 Å². The number of aliphatic hydroxyl groups excluding tert-OH is 1. The number of aliphatic hydroxyl groups is 1. The summed E-state index contributed by atoms with van der Waals surface area (Å²) in [5, 5.41) is 14.8. The van der Waals surface area contributed by atoms with Gasteiger partial charge in [0.15, 0.2) is 0 Å². The lowest BCUT2D eigenvalue weighted by Gasteiger charge is -2.22. The van der Waals surface area contributed by atoms with E-state index < -0.39 is 23.6 Å². The number of likely N-dealkylation sites (tertiary alicyclic amines) is 1. The number of methoxy groups -OCH3 is 1. The molecule has 8 nitrogen and oxygen atoms in total. The number of halogens is 1. The molecular weight excluding hydrogens is 429 g/mol. The molecule has 1 amide bonds. The van der Waals surface area contributed by atoms with Crippen molar-refractivity contribution < 1.29 is 23.8 Å². The Kier molecular flexibility index (Phi) is 6.69. The molecule has 3 aromatic rings. The third kappa shape index (κ3) is 5.20. The van der Waals surface area contributed by atoms with Gasteiger partial charge in [0.2, 0.25) is 0 Å². The SMILES string of the molecule is COc1cccc(O[C@H]2CCN(C(=O)c3ccc(=O)n(-c4ccc(F)cc4)n3)CC[C@@H]2O)c1. The number of aromatic nitrogens is 2. The van der Waals surface area contributed by atoms with Crippen molar-refractivity contribution in [3.05, 3.63) is 82.5 Å². The average molecular weight is 453 g/mol. The van der Waals surface area contributed by atoms with Gasteiger partial charge in [-0.1, -0.05) is 6.07 Å². The van der Waals surface area contributed by atoms with E-state index in [9.17, 15) is 19.1 Å². The van der Waals surface area contributed by atoms with Gasteiger partial charge in [-0.2, -0.15) is 9.78 Å². The molecule has 1 N–H and O–H groups in total. The highest BCUT2D eigenvalue weighted by Crippen LogP contribution is 2.24. The Morgan fingerprint density at radius 1 is 1.06 bits per heavy atom. The normalized spacial score (nSPS) is 18.5. The Bertz CT molecular complexity index is 1180. The summed E-state index contributed by atoms with van der Waals surface area (Å²) in [6, 6.07) is 15.0. The number of benzene rings is 2. The highest BCUT2D eigenvalue weighted by atomic mass is 19.1. The number of carbonyl (C=O) groups excluding carboxylic acids is 1. The Morgan fingerprint density at radius 3 is 2.55 bits per heavy atom. The summed E-state index contributed by atoms with van der Waals surface area (Å²) in [5.41, 5.74) is 0.00544. The van der Waals surface area contributed by atoms with Crippen LogP contribution in [0, 0.1) is 5.82 Å². The van der Waals surface area contributed by atoms with Crippen LogP contribution in [0.1, 0.15) is 23.3 Å². The number of nitrogens with zero attached hydrogens (tertiary/aromatic N) is 3. The summed E-state index contributed by atoms with van der Waals surface area (Å²) in [4.78, 5) is 26.9. The molecule has 1 aliphatic rings. The van der Waals surface area contributed by atoms with E-state index >= 15 is 0 Å². The minimum absolute atomic E-state index is 0.0839. The molecule has 0 bridgehead atoms. The predicted molar refractivity (Wildman–Crippen MR) is 118 cm³/mol. The van der Waals surface area contributed by atoms with Gasteiger partial charge in [0, 0.05) is 31.6 Å². The molecule has 0 aliphatic carbocycles. The predicted octanol–water partition coefficient (Wildman–Crippen LogP) is 2.42. The fourth-order valence-electron chi connectivity index (χ4n) is 3.71. The zero-order chi connectivity index (χ0) is 23.4. The fourth-order valence-corrected chi connectivity index (χ4v) is 3.71. The van der Waals surface area contributed by atoms with Crippen molar-refractivity contribution in [1.82, 2.24) is 14.7 Å². The number of rotatable bonds is 5. The fraction of sp³-hybridized carbons (Fsp3) is 0.292. The van der Waals surface area contributed by atoms with E-state index in [0.29, 0.717) is 43.1 Å². The van der Waals surface area contributed by atoms with E-state index in [4.69, 9.17) is 9.47 Å². The number of carbonyl (C=O) groups is 1. The van der Waals surface area contributed by atoms with E-state index in [1.54, 1.807) is 36.3 Å². The molecule has 172 valence electrons. The zero-order valence-electron chi connectivity index (χ0n) is 18.1. The molecule has 1 aliphatic heterocycles. The van der Waals surface area contributed by atoms with Gasteiger partial charge >= 0.3 is 0 Å². The van der Waals surface area contributed by atoms with Crippen LogP contribution in [-0.4, -0.2) is 58.1 Å². The Balaban J connectivity index is 1.48. The van der Waals surface area contributed by atoms with Crippen LogP contribution in [0.4, 0.5) is 4.39 Å². The molecule has 33 heavy (non-hydrogen) atoms. The molecule has 0 radical (unpaired) electrons. The molecule has 1 fully saturated rings. The first kappa shape index (κ1) is 22.5. The van der Waals surface area contributed by atoms with Crippen LogP contribution < -0.4 is 15.0 Å². The van der Waals surface area contributed by atoms with Crippen molar-refractivity contribution in [1.29, 1.82) is 0 Å². The molecule has 2 atom stereocenters. The van der Waals surface area contributed by atoms with Crippen molar-refractivity contribution in [3.63, 3.8) is 0 Å². The van der Waals surface area contributed by atoms with E-state index in [-0.39, 0.29) is 11.6 Å². The molecule has 9 heteroatoms. The summed E-state index contributed by atoms with van der Waals surface area (Å²) in [6.45, 7) is 0.664. The highest BCUT2D eigenvalue weighted by Gasteiger charge is 2.29. The molecular formula is C24H24FN3O5. The minimum atomic E-state index is -0.755. The molecule has 1 aromatic heterocycles. The molecule has 4 rings (SSSR count). The Labute approximate surface area is 189 Å². The first-order valence-corrected chi connectivity index (χ1v) is 10.6. The highest BCUT2D eigenvalue weighted by molar-refractivity contribution is 5.92. The van der Waals surface area contributed by atoms with Crippen molar-refractivity contribution >= 4 is 5.91 Å². The Hall–Kier alpha value is -3.72. The van der Waals surface area contributed by atoms with Crippen molar-refractivity contribution in [3.8, 4) is 17.2 Å². The van der Waals surface area contributed by atoms with Crippen molar-refractivity contribution in [2.75, 3.05) is 20.2 Å². The van der Waals surface area contributed by atoms with Gasteiger partial charge in [-0.25, -0.2) is 4.39 Å². The van der Waals surface area contributed by atoms with E-state index in [1.165, 1.54) is 36.4 Å². The molecule has 2 heterocycles. The standard InChI is InChI=1S/C24H24FN3O5/c1-32-18-3-2-4-19(15-18)33-22-12-14-27(13-11-21(22)29)24(31)20-9-10-23(30)28(26-20)17-7-5-16(25)6-8-17/h2-10,15,21-22,29H,11-14H2,1H3/t21-,22-/m0/s1. The topological polar surface area (TPSA) is 93.9 Å². The quantitative estimate of drug-likeness (QED) is 0.638. The second-order valence-corrected chi connectivity index (χ2v) is 7.72. The van der Waals surface area contributed by atoms with Crippen LogP contribution in [0.25, 0.3) is 5.69 Å². The summed E-state index contributed by atoms with van der Waals surface area (Å²) in [5.74, 6) is 0.425. The Morgan fingerprint density at radius 2 is 1.79 bits per heavy atom. The monoisotopic (exact) mass is 453 g/mol. The molecule has 2 aromatic carbocycles. The van der Waals surface area contributed by atoms with Crippen LogP contribution >= 0.6 is 0 Å². The summed E-state index contributed by atoms with van der Waals surface area (Å²) in [6.07, 6.45) is -0.495. The van der Waals surface area contributed by atoms with E-state index in [0.717, 1.165) is 4.68 Å². The number of hydrogen-bond donors (Lipinski definition) is 1. The van der Waals surface area contributed by atoms with Gasteiger partial charge in [-0.05, 0) is 48.9 Å². The lowest BCUT2D eigenvalue weighted by atomic mass is 10.1. The molecule has 0 spiro atoms. The maximum Gasteiger partial charge on any atom is 0.274 e. The van der Waals surface area contributed by atoms with Crippen LogP contribution in [0.5, 0.6) is 11.5 Å². The van der Waals surface area contributed by atoms with Gasteiger partial charge in [0.25, 0.3) is 11.5 Å². The smallest absolute Gasteiger partial charge is 0.274 e. The van der Waals surface area contributed by atoms with Crippen LogP contribution in [0.3, 0.4) is 0 Å². The van der Waals surface area contributed by atoms with E-state index in [1.807, 2.05) is 0 Å². The first-order valence-electron chi connectivity index (χ1n) is 10.6. The minimum Gasteiger partial charge on any atom is -0.497 e. The van der Waals surface area contributed by atoms with Gasteiger partial charge in [-0.3, -0.25) is 9.59 Å². The maximum atomic E-state index is 13.2. The molecule has 0 saturated carbocycles. The van der Waals surface area contributed by atoms with Gasteiger partial charge in [-0.15, -0.1) is 0 Å². The number of hydrogen-bond acceptors (Lipinski definition) is 6. The summed E-state index contributed by atoms with van der Waals surface area (Å²) < 4.78 is 25.5. The number of amides is 1. The second kappa shape index (κ2) is 9.83. The molecule has 0 unspecified atom stereocenters. The summed E-state index contributed by atoms with van der Waals surface area (Å²) >= 11 is 0. The van der Waals surface area contributed by atoms with Gasteiger partial charge in [0.1, 0.15) is 29.1 Å². The lowest BCUT2D eigenvalue weighted by Crippen LogP contribution is -2.34. The maximum absolute atomic E-state index is 13.2. The molecule has 1 saturated heterocycles. The third-order valence-electron chi connectivity index (χ3n) is 5.51. The third-order valence-corrected chi connectivity index (χ3v) is 5.51. The van der Waals surface area contributed by atoms with Crippen LogP contribution in [0.2, 0.25) is 0 Å². The largest absolute Gasteiger partial charge is 0.497 e. The average Bonchev–Trinajstić information content (AvgIpc) is 3.01. The second-order valence-electron chi connectivity index (χ2n) is 7.72. The first-order chi connectivity index (χ1) is 15.9. The lowest BCUT2D eigenvalue weighted by molar-refractivity contribution is 0.0349. The van der Waals surface area contributed by atoms with Crippen molar-refractivity contribution in [2.24, 2.45) is 0 Å².